The fourth-order valence-electron chi connectivity index (χ4n) is 3.33. The quantitative estimate of drug-likeness (QED) is 0.348. The highest BCUT2D eigenvalue weighted by atomic mass is 35.5. The van der Waals surface area contributed by atoms with Crippen LogP contribution >= 0.6 is 22.9 Å². The molecule has 2 heterocycles. The van der Waals surface area contributed by atoms with Crippen molar-refractivity contribution in [1.82, 2.24) is 9.97 Å². The number of aliphatic hydroxyl groups excluding tert-OH is 1. The molecule has 0 aliphatic heterocycles. The minimum atomic E-state index is -0.689. The molecule has 176 valence electrons. The van der Waals surface area contributed by atoms with Crippen molar-refractivity contribution in [2.24, 2.45) is 0 Å². The van der Waals surface area contributed by atoms with E-state index >= 15 is 4.39 Å². The monoisotopic (exact) mass is 501 g/mol. The van der Waals surface area contributed by atoms with E-state index in [9.17, 15) is 9.90 Å². The van der Waals surface area contributed by atoms with Gasteiger partial charge in [0.1, 0.15) is 18.1 Å². The van der Waals surface area contributed by atoms with Gasteiger partial charge in [0.25, 0.3) is 5.91 Å². The first-order valence-corrected chi connectivity index (χ1v) is 11.5. The summed E-state index contributed by atoms with van der Waals surface area (Å²) in [5.74, 6) is -0.367. The van der Waals surface area contributed by atoms with Crippen molar-refractivity contribution in [3.8, 4) is 22.6 Å². The van der Waals surface area contributed by atoms with Gasteiger partial charge in [-0.2, -0.15) is 0 Å². The van der Waals surface area contributed by atoms with Crippen LogP contribution in [0.4, 0.5) is 9.52 Å². The number of aromatic nitrogens is 2. The molecule has 0 aliphatic rings. The normalized spacial score (nSPS) is 11.9. The maximum absolute atomic E-state index is 15.0. The van der Waals surface area contributed by atoms with Crippen LogP contribution in [0.1, 0.15) is 23.0 Å². The molecular weight excluding hydrogens is 481 g/mol. The van der Waals surface area contributed by atoms with E-state index in [2.05, 4.69) is 15.3 Å². The van der Waals surface area contributed by atoms with Crippen molar-refractivity contribution in [2.75, 3.05) is 19.0 Å². The number of aryl methyl sites for hydroxylation is 1. The van der Waals surface area contributed by atoms with Gasteiger partial charge in [0.15, 0.2) is 10.9 Å². The van der Waals surface area contributed by atoms with Crippen LogP contribution in [0.2, 0.25) is 5.02 Å². The number of ether oxygens (including phenoxy) is 2. The number of fused-ring (bicyclic) bond motifs is 1. The maximum Gasteiger partial charge on any atom is 0.259 e. The van der Waals surface area contributed by atoms with Crippen molar-refractivity contribution >= 4 is 44.2 Å². The van der Waals surface area contributed by atoms with Crippen molar-refractivity contribution in [1.29, 1.82) is 0 Å². The number of pyridine rings is 1. The summed E-state index contributed by atoms with van der Waals surface area (Å²) < 4.78 is 26.7. The van der Waals surface area contributed by atoms with Crippen LogP contribution in [0.5, 0.6) is 11.5 Å². The third-order valence-electron chi connectivity index (χ3n) is 4.90. The van der Waals surface area contributed by atoms with Crippen LogP contribution in [0.25, 0.3) is 21.3 Å². The minimum absolute atomic E-state index is 0.0786. The Morgan fingerprint density at radius 3 is 2.82 bits per heavy atom. The Bertz CT molecular complexity index is 1380. The van der Waals surface area contributed by atoms with E-state index in [1.54, 1.807) is 44.2 Å². The van der Waals surface area contributed by atoms with Gasteiger partial charge in [-0.15, -0.1) is 0 Å². The third kappa shape index (κ3) is 4.96. The fourth-order valence-corrected chi connectivity index (χ4v) is 4.38. The first-order chi connectivity index (χ1) is 16.3. The number of nitrogens with zero attached hydrogens (tertiary/aromatic N) is 2. The van der Waals surface area contributed by atoms with Gasteiger partial charge >= 0.3 is 0 Å². The van der Waals surface area contributed by atoms with Gasteiger partial charge in [-0.3, -0.25) is 15.1 Å². The van der Waals surface area contributed by atoms with E-state index in [4.69, 9.17) is 21.1 Å². The van der Waals surface area contributed by atoms with Crippen LogP contribution in [-0.2, 0) is 0 Å². The summed E-state index contributed by atoms with van der Waals surface area (Å²) >= 11 is 7.27. The lowest BCUT2D eigenvalue weighted by atomic mass is 9.98. The number of aliphatic hydroxyl groups is 1. The van der Waals surface area contributed by atoms with Gasteiger partial charge in [0.2, 0.25) is 0 Å². The zero-order valence-electron chi connectivity index (χ0n) is 18.6. The summed E-state index contributed by atoms with van der Waals surface area (Å²) in [6.07, 6.45) is 0.794. The van der Waals surface area contributed by atoms with Crippen molar-refractivity contribution in [3.63, 3.8) is 0 Å². The molecule has 0 spiro atoms. The number of carbonyl (C=O) groups excluding carboxylic acids is 1. The van der Waals surface area contributed by atoms with E-state index in [0.717, 1.165) is 4.70 Å². The summed E-state index contributed by atoms with van der Waals surface area (Å²) in [5, 5.41) is 12.4. The minimum Gasteiger partial charge on any atom is -0.496 e. The highest BCUT2D eigenvalue weighted by Gasteiger charge is 2.23. The number of anilines is 1. The van der Waals surface area contributed by atoms with E-state index < -0.39 is 17.8 Å². The van der Waals surface area contributed by atoms with E-state index in [1.807, 2.05) is 0 Å². The summed E-state index contributed by atoms with van der Waals surface area (Å²) in [4.78, 5) is 21.9. The Kier molecular flexibility index (Phi) is 6.97. The molecule has 7 nitrogen and oxygen atoms in total. The lowest BCUT2D eigenvalue weighted by Crippen LogP contribution is -2.14. The van der Waals surface area contributed by atoms with E-state index in [0.29, 0.717) is 27.7 Å². The Hall–Kier alpha value is -3.27. The van der Waals surface area contributed by atoms with Crippen LogP contribution in [0.3, 0.4) is 0 Å². The topological polar surface area (TPSA) is 93.6 Å². The number of halogens is 2. The molecule has 0 saturated carbocycles. The average molecular weight is 502 g/mol. The van der Waals surface area contributed by atoms with Gasteiger partial charge in [-0.1, -0.05) is 22.9 Å². The molecular formula is C24H21ClFN3O4S. The standard InChI is InChI=1S/C24H21ClFN3O4S/c1-12-8-15(21-19(32-3)7-5-17(25)22(21)26)16(10-27-12)23(31)29-24-28-18-6-4-14(9-20(18)34-24)33-11-13(2)30/h4-10,13,30H,11H2,1-3H3,(H,28,29,31)/t13-/m1/s1. The predicted molar refractivity (Wildman–Crippen MR) is 131 cm³/mol. The molecule has 1 atom stereocenters. The fraction of sp³-hybridized carbons (Fsp3) is 0.208. The molecule has 0 bridgehead atoms. The molecule has 0 radical (unpaired) electrons. The molecule has 2 aromatic carbocycles. The lowest BCUT2D eigenvalue weighted by Gasteiger charge is -2.14. The number of rotatable bonds is 7. The van der Waals surface area contributed by atoms with Crippen molar-refractivity contribution in [2.45, 2.75) is 20.0 Å². The molecule has 4 rings (SSSR count). The summed E-state index contributed by atoms with van der Waals surface area (Å²) in [5.41, 5.74) is 1.80. The maximum atomic E-state index is 15.0. The Morgan fingerprint density at radius 1 is 1.29 bits per heavy atom. The van der Waals surface area contributed by atoms with Gasteiger partial charge in [-0.05, 0) is 50.2 Å². The molecule has 4 aromatic rings. The Labute approximate surface area is 204 Å². The molecule has 1 amide bonds. The van der Waals surface area contributed by atoms with Gasteiger partial charge < -0.3 is 14.6 Å². The second kappa shape index (κ2) is 9.92. The molecule has 0 saturated heterocycles. The highest BCUT2D eigenvalue weighted by Crippen LogP contribution is 2.38. The highest BCUT2D eigenvalue weighted by molar-refractivity contribution is 7.22. The van der Waals surface area contributed by atoms with Crippen LogP contribution in [-0.4, -0.2) is 40.8 Å². The first-order valence-electron chi connectivity index (χ1n) is 10.3. The van der Waals surface area contributed by atoms with Crippen LogP contribution in [0, 0.1) is 12.7 Å². The number of thiazole rings is 1. The summed E-state index contributed by atoms with van der Waals surface area (Å²) in [7, 11) is 1.42. The summed E-state index contributed by atoms with van der Waals surface area (Å²) in [6, 6.07) is 9.85. The predicted octanol–water partition coefficient (Wildman–Crippen LogP) is 5.48. The second-order valence-corrected chi connectivity index (χ2v) is 9.01. The largest absolute Gasteiger partial charge is 0.496 e. The molecule has 0 unspecified atom stereocenters. The molecule has 2 N–H and O–H groups in total. The SMILES string of the molecule is COc1ccc(Cl)c(F)c1-c1cc(C)ncc1C(=O)Nc1nc2ccc(OC[C@@H](C)O)cc2s1. The van der Waals surface area contributed by atoms with Crippen molar-refractivity contribution in [3.05, 3.63) is 64.7 Å². The number of methoxy groups -OCH3 is 1. The molecule has 0 aliphatic carbocycles. The number of nitrogens with one attached hydrogen (secondary N) is 1. The van der Waals surface area contributed by atoms with Crippen LogP contribution < -0.4 is 14.8 Å². The first kappa shape index (κ1) is 23.9. The van der Waals surface area contributed by atoms with Crippen LogP contribution in [0.15, 0.2) is 42.6 Å². The zero-order chi connectivity index (χ0) is 24.4. The summed E-state index contributed by atoms with van der Waals surface area (Å²) in [6.45, 7) is 3.55. The number of benzene rings is 2. The van der Waals surface area contributed by atoms with E-state index in [-0.39, 0.29) is 28.5 Å². The second-order valence-electron chi connectivity index (χ2n) is 7.57. The third-order valence-corrected chi connectivity index (χ3v) is 6.13. The van der Waals surface area contributed by atoms with Gasteiger partial charge in [0.05, 0.1) is 39.6 Å². The Morgan fingerprint density at radius 2 is 2.09 bits per heavy atom. The number of hydrogen-bond acceptors (Lipinski definition) is 7. The van der Waals surface area contributed by atoms with Gasteiger partial charge in [0, 0.05) is 17.5 Å². The smallest absolute Gasteiger partial charge is 0.259 e. The average Bonchev–Trinajstić information content (AvgIpc) is 3.20. The zero-order valence-corrected chi connectivity index (χ0v) is 20.1. The Balaban J connectivity index is 1.68. The van der Waals surface area contributed by atoms with Crippen molar-refractivity contribution < 1.29 is 23.8 Å². The molecule has 34 heavy (non-hydrogen) atoms. The molecule has 10 heteroatoms. The van der Waals surface area contributed by atoms with Gasteiger partial charge in [-0.25, -0.2) is 9.37 Å². The molecule has 0 fully saturated rings. The molecule has 2 aromatic heterocycles. The number of hydrogen-bond donors (Lipinski definition) is 2. The number of carbonyl (C=O) groups is 1. The number of amides is 1. The van der Waals surface area contributed by atoms with E-state index in [1.165, 1.54) is 30.7 Å². The lowest BCUT2D eigenvalue weighted by molar-refractivity contribution is 0.102.